The minimum absolute atomic E-state index is 0.0819. The molecule has 9 heteroatoms. The van der Waals surface area contributed by atoms with Crippen LogP contribution in [0.4, 0.5) is 5.13 Å². The van der Waals surface area contributed by atoms with Crippen LogP contribution < -0.4 is 9.64 Å². The number of carbonyl (C=O) groups excluding carboxylic acids is 3. The van der Waals surface area contributed by atoms with Crippen molar-refractivity contribution >= 4 is 39.9 Å². The zero-order valence-corrected chi connectivity index (χ0v) is 22.9. The number of nitrogens with zero attached hydrogens (tertiary/aromatic N) is 2. The van der Waals surface area contributed by atoms with Crippen molar-refractivity contribution in [3.8, 4) is 5.75 Å². The zero-order valence-electron chi connectivity index (χ0n) is 22.1. The van der Waals surface area contributed by atoms with Crippen LogP contribution in [0.25, 0.3) is 5.76 Å². The number of ketones is 1. The van der Waals surface area contributed by atoms with E-state index in [1.807, 2.05) is 49.4 Å². The van der Waals surface area contributed by atoms with E-state index in [1.165, 1.54) is 12.0 Å². The van der Waals surface area contributed by atoms with Gasteiger partial charge in [-0.25, -0.2) is 9.78 Å². The number of aliphatic hydroxyl groups is 1. The van der Waals surface area contributed by atoms with Gasteiger partial charge in [-0.3, -0.25) is 14.5 Å². The predicted molar refractivity (Wildman–Crippen MR) is 151 cm³/mol. The van der Waals surface area contributed by atoms with Crippen LogP contribution in [-0.4, -0.2) is 34.9 Å². The molecule has 0 bridgehead atoms. The lowest BCUT2D eigenvalue weighted by atomic mass is 9.95. The van der Waals surface area contributed by atoms with E-state index in [9.17, 15) is 19.5 Å². The third kappa shape index (κ3) is 5.11. The second-order valence-corrected chi connectivity index (χ2v) is 10.3. The molecule has 1 atom stereocenters. The molecule has 4 aromatic rings. The van der Waals surface area contributed by atoms with Crippen LogP contribution in [0.1, 0.15) is 43.7 Å². The SMILES string of the molecule is COC(=O)c1sc(N2C(=O)C(=O)C(=C(O)c3ccc(C)cc3)C2c2cccc(OCc3ccccc3)c2)nc1C. The molecule has 1 amide bonds. The van der Waals surface area contributed by atoms with Crippen LogP contribution in [0.15, 0.2) is 84.4 Å². The molecule has 8 nitrogen and oxygen atoms in total. The molecule has 3 aromatic carbocycles. The van der Waals surface area contributed by atoms with E-state index in [1.54, 1.807) is 43.3 Å². The van der Waals surface area contributed by atoms with Crippen molar-refractivity contribution in [2.75, 3.05) is 12.0 Å². The average molecular weight is 555 g/mol. The third-order valence-corrected chi connectivity index (χ3v) is 7.69. The van der Waals surface area contributed by atoms with Crippen LogP contribution in [-0.2, 0) is 20.9 Å². The largest absolute Gasteiger partial charge is 0.507 e. The number of aliphatic hydroxyl groups excluding tert-OH is 1. The smallest absolute Gasteiger partial charge is 0.350 e. The molecule has 0 spiro atoms. The fourth-order valence-corrected chi connectivity index (χ4v) is 5.51. The van der Waals surface area contributed by atoms with Crippen molar-refractivity contribution in [2.24, 2.45) is 0 Å². The highest BCUT2D eigenvalue weighted by molar-refractivity contribution is 7.17. The molecule has 1 N–H and O–H groups in total. The summed E-state index contributed by atoms with van der Waals surface area (Å²) in [5, 5.41) is 11.5. The standard InChI is InChI=1S/C31H26N2O6S/c1-18-12-14-21(15-13-18)26(34)24-25(22-10-7-11-23(16-22)39-17-20-8-5-4-6-9-20)33(29(36)27(24)35)31-32-19(2)28(40-31)30(37)38-3/h4-16,25,34H,17H2,1-3H3. The van der Waals surface area contributed by atoms with E-state index < -0.39 is 23.7 Å². The molecular formula is C31H26N2O6S. The molecule has 1 fully saturated rings. The van der Waals surface area contributed by atoms with Gasteiger partial charge in [0, 0.05) is 5.56 Å². The first kappa shape index (κ1) is 26.8. The van der Waals surface area contributed by atoms with Crippen molar-refractivity contribution in [1.29, 1.82) is 0 Å². The Bertz CT molecular complexity index is 1630. The first-order chi connectivity index (χ1) is 19.3. The van der Waals surface area contributed by atoms with Crippen LogP contribution in [0.2, 0.25) is 0 Å². The Morgan fingerprint density at radius 2 is 1.73 bits per heavy atom. The Kier molecular flexibility index (Phi) is 7.48. The topological polar surface area (TPSA) is 106 Å². The summed E-state index contributed by atoms with van der Waals surface area (Å²) in [5.41, 5.74) is 3.17. The van der Waals surface area contributed by atoms with E-state index in [-0.39, 0.29) is 21.3 Å². The molecule has 0 radical (unpaired) electrons. The van der Waals surface area contributed by atoms with Gasteiger partial charge < -0.3 is 14.6 Å². The van der Waals surface area contributed by atoms with Gasteiger partial charge >= 0.3 is 11.9 Å². The summed E-state index contributed by atoms with van der Waals surface area (Å²) in [4.78, 5) is 45.1. The third-order valence-electron chi connectivity index (χ3n) is 6.55. The summed E-state index contributed by atoms with van der Waals surface area (Å²) in [7, 11) is 1.26. The Hall–Kier alpha value is -4.76. The Morgan fingerprint density at radius 1 is 1.00 bits per heavy atom. The Balaban J connectivity index is 1.62. The number of anilines is 1. The molecule has 2 heterocycles. The number of Topliss-reactive ketones (excluding diaryl/α,β-unsaturated/α-hetero) is 1. The zero-order chi connectivity index (χ0) is 28.4. The van der Waals surface area contributed by atoms with Gasteiger partial charge in [-0.05, 0) is 37.1 Å². The van der Waals surface area contributed by atoms with E-state index in [2.05, 4.69) is 4.98 Å². The molecule has 1 aromatic heterocycles. The molecule has 202 valence electrons. The molecule has 0 saturated carbocycles. The van der Waals surface area contributed by atoms with E-state index in [0.717, 1.165) is 22.5 Å². The molecule has 0 aliphatic carbocycles. The number of hydrogen-bond acceptors (Lipinski definition) is 8. The number of ether oxygens (including phenoxy) is 2. The number of aryl methyl sites for hydroxylation is 2. The van der Waals surface area contributed by atoms with E-state index in [4.69, 9.17) is 9.47 Å². The molecule has 40 heavy (non-hydrogen) atoms. The molecule has 1 saturated heterocycles. The average Bonchev–Trinajstić information content (AvgIpc) is 3.48. The summed E-state index contributed by atoms with van der Waals surface area (Å²) in [6.07, 6.45) is 0. The Morgan fingerprint density at radius 3 is 2.42 bits per heavy atom. The number of benzene rings is 3. The fraction of sp³-hybridized carbons (Fsp3) is 0.161. The van der Waals surface area contributed by atoms with E-state index >= 15 is 0 Å². The lowest BCUT2D eigenvalue weighted by Gasteiger charge is -2.23. The number of methoxy groups -OCH3 is 1. The number of thiazole rings is 1. The van der Waals surface area contributed by atoms with Crippen molar-refractivity contribution in [3.63, 3.8) is 0 Å². The first-order valence-electron chi connectivity index (χ1n) is 12.5. The summed E-state index contributed by atoms with van der Waals surface area (Å²) in [5.74, 6) is -2.09. The fourth-order valence-electron chi connectivity index (χ4n) is 4.49. The van der Waals surface area contributed by atoms with Crippen LogP contribution in [0.5, 0.6) is 5.75 Å². The van der Waals surface area contributed by atoms with Gasteiger partial charge in [0.25, 0.3) is 5.78 Å². The highest BCUT2D eigenvalue weighted by Crippen LogP contribution is 2.44. The second kappa shape index (κ2) is 11.2. The van der Waals surface area contributed by atoms with Gasteiger partial charge in [-0.15, -0.1) is 0 Å². The minimum Gasteiger partial charge on any atom is -0.507 e. The molecule has 1 unspecified atom stereocenters. The molecule has 1 aliphatic rings. The number of hydrogen-bond donors (Lipinski definition) is 1. The monoisotopic (exact) mass is 554 g/mol. The highest BCUT2D eigenvalue weighted by atomic mass is 32.1. The number of rotatable bonds is 7. The van der Waals surface area contributed by atoms with Gasteiger partial charge in [-0.2, -0.15) is 0 Å². The van der Waals surface area contributed by atoms with Crippen LogP contribution in [0, 0.1) is 13.8 Å². The number of aromatic nitrogens is 1. The lowest BCUT2D eigenvalue weighted by molar-refractivity contribution is -0.132. The number of carbonyl (C=O) groups is 3. The van der Waals surface area contributed by atoms with Crippen LogP contribution in [0.3, 0.4) is 0 Å². The van der Waals surface area contributed by atoms with Gasteiger partial charge in [0.2, 0.25) is 0 Å². The molecule has 1 aliphatic heterocycles. The van der Waals surface area contributed by atoms with Gasteiger partial charge in [-0.1, -0.05) is 83.6 Å². The van der Waals surface area contributed by atoms with Crippen molar-refractivity contribution in [2.45, 2.75) is 26.5 Å². The lowest BCUT2D eigenvalue weighted by Crippen LogP contribution is -2.29. The maximum Gasteiger partial charge on any atom is 0.350 e. The van der Waals surface area contributed by atoms with Crippen LogP contribution >= 0.6 is 11.3 Å². The minimum atomic E-state index is -1.02. The quantitative estimate of drug-likeness (QED) is 0.134. The van der Waals surface area contributed by atoms with Crippen molar-refractivity contribution in [1.82, 2.24) is 4.98 Å². The number of amides is 1. The highest BCUT2D eigenvalue weighted by Gasteiger charge is 2.48. The second-order valence-electron chi connectivity index (χ2n) is 9.28. The number of esters is 1. The summed E-state index contributed by atoms with van der Waals surface area (Å²) < 4.78 is 10.9. The van der Waals surface area contributed by atoms with Gasteiger partial charge in [0.15, 0.2) is 5.13 Å². The maximum atomic E-state index is 13.5. The molecule has 5 rings (SSSR count). The predicted octanol–water partition coefficient (Wildman–Crippen LogP) is 5.75. The Labute approximate surface area is 235 Å². The first-order valence-corrected chi connectivity index (χ1v) is 13.3. The summed E-state index contributed by atoms with van der Waals surface area (Å²) in [6.45, 7) is 3.86. The summed E-state index contributed by atoms with van der Waals surface area (Å²) >= 11 is 0.949. The maximum absolute atomic E-state index is 13.5. The summed E-state index contributed by atoms with van der Waals surface area (Å²) in [6, 6.07) is 22.7. The van der Waals surface area contributed by atoms with E-state index in [0.29, 0.717) is 29.2 Å². The molecular weight excluding hydrogens is 528 g/mol. The normalized spacial score (nSPS) is 16.3. The van der Waals surface area contributed by atoms with Crippen molar-refractivity contribution < 1.29 is 29.0 Å². The van der Waals surface area contributed by atoms with Gasteiger partial charge in [0.1, 0.15) is 23.0 Å². The van der Waals surface area contributed by atoms with Gasteiger partial charge in [0.05, 0.1) is 24.4 Å². The van der Waals surface area contributed by atoms with Crippen molar-refractivity contribution in [3.05, 3.63) is 117 Å².